The largest absolute Gasteiger partial charge is 0.497 e. The second kappa shape index (κ2) is 5.57. The number of H-pyrrole nitrogens is 1. The summed E-state index contributed by atoms with van der Waals surface area (Å²) in [5, 5.41) is 4.00. The Kier molecular flexibility index (Phi) is 4.02. The molecule has 0 spiro atoms. The van der Waals surface area contributed by atoms with Crippen LogP contribution in [0.3, 0.4) is 0 Å². The van der Waals surface area contributed by atoms with Crippen molar-refractivity contribution in [2.45, 2.75) is 32.6 Å². The van der Waals surface area contributed by atoms with Crippen LogP contribution >= 0.6 is 0 Å². The van der Waals surface area contributed by atoms with Gasteiger partial charge < -0.3 is 15.0 Å². The lowest BCUT2D eigenvalue weighted by Gasteiger charge is -2.23. The molecule has 4 heteroatoms. The molecule has 1 heterocycles. The number of fused-ring (bicyclic) bond motifs is 1. The van der Waals surface area contributed by atoms with Crippen LogP contribution in [0.1, 0.15) is 32.8 Å². The topological polar surface area (TPSA) is 54.1 Å². The van der Waals surface area contributed by atoms with Crippen molar-refractivity contribution < 1.29 is 9.53 Å². The molecule has 2 N–H and O–H groups in total. The van der Waals surface area contributed by atoms with Gasteiger partial charge in [-0.05, 0) is 44.0 Å². The number of hydrogen-bond acceptors (Lipinski definition) is 2. The number of benzene rings is 1. The van der Waals surface area contributed by atoms with Crippen molar-refractivity contribution >= 4 is 16.8 Å². The number of aromatic amines is 1. The number of rotatable bonds is 5. The van der Waals surface area contributed by atoms with Crippen LogP contribution in [0.25, 0.3) is 10.9 Å². The molecule has 0 unspecified atom stereocenters. The average molecular weight is 274 g/mol. The van der Waals surface area contributed by atoms with Crippen molar-refractivity contribution in [3.63, 3.8) is 0 Å². The maximum atomic E-state index is 12.4. The molecular weight excluding hydrogens is 252 g/mol. The molecule has 1 aromatic heterocycles. The molecule has 108 valence electrons. The number of nitrogens with one attached hydrogen (secondary N) is 2. The molecule has 0 radical (unpaired) electrons. The molecule has 0 saturated heterocycles. The van der Waals surface area contributed by atoms with Gasteiger partial charge in [-0.15, -0.1) is 0 Å². The molecule has 2 aromatic rings. The quantitative estimate of drug-likeness (QED) is 0.880. The molecule has 1 amide bonds. The minimum atomic E-state index is -0.584. The van der Waals surface area contributed by atoms with Gasteiger partial charge in [0, 0.05) is 23.6 Å². The zero-order valence-corrected chi connectivity index (χ0v) is 12.5. The van der Waals surface area contributed by atoms with Gasteiger partial charge in [0.25, 0.3) is 0 Å². The average Bonchev–Trinajstić information content (AvgIpc) is 2.87. The molecule has 0 aliphatic carbocycles. The van der Waals surface area contributed by atoms with Crippen LogP contribution in [0, 0.1) is 0 Å². The smallest absolute Gasteiger partial charge is 0.230 e. The van der Waals surface area contributed by atoms with Crippen molar-refractivity contribution in [1.29, 1.82) is 0 Å². The van der Waals surface area contributed by atoms with Gasteiger partial charge >= 0.3 is 0 Å². The van der Waals surface area contributed by atoms with Gasteiger partial charge in [0.15, 0.2) is 0 Å². The van der Waals surface area contributed by atoms with E-state index in [0.717, 1.165) is 28.6 Å². The highest BCUT2D eigenvalue weighted by Crippen LogP contribution is 2.32. The van der Waals surface area contributed by atoms with E-state index in [-0.39, 0.29) is 5.91 Å². The third-order valence-corrected chi connectivity index (χ3v) is 3.67. The lowest BCUT2D eigenvalue weighted by atomic mass is 9.83. The Hall–Kier alpha value is -1.97. The summed E-state index contributed by atoms with van der Waals surface area (Å²) in [4.78, 5) is 15.6. The first-order valence-electron chi connectivity index (χ1n) is 6.94. The summed E-state index contributed by atoms with van der Waals surface area (Å²) in [6.45, 7) is 6.64. The van der Waals surface area contributed by atoms with Gasteiger partial charge in [-0.2, -0.15) is 0 Å². The lowest BCUT2D eigenvalue weighted by Crippen LogP contribution is -2.40. The number of aromatic nitrogens is 1. The second-order valence-electron chi connectivity index (χ2n) is 5.49. The second-order valence-corrected chi connectivity index (χ2v) is 5.49. The van der Waals surface area contributed by atoms with E-state index < -0.39 is 5.41 Å². The van der Waals surface area contributed by atoms with Gasteiger partial charge in [0.05, 0.1) is 12.5 Å². The number of carbonyl (C=O) groups is 1. The molecule has 0 aliphatic rings. The number of carbonyl (C=O) groups excluding carboxylic acids is 1. The molecular formula is C16H22N2O2. The third-order valence-electron chi connectivity index (χ3n) is 3.67. The van der Waals surface area contributed by atoms with Crippen LogP contribution in [0.2, 0.25) is 0 Å². The van der Waals surface area contributed by atoms with Crippen LogP contribution in [0.15, 0.2) is 24.4 Å². The number of amides is 1. The third kappa shape index (κ3) is 2.50. The standard InChI is InChI=1S/C16H22N2O2/c1-5-8-17-15(19)16(2,3)13-10-18-14-7-6-11(20-4)9-12(13)14/h6-7,9-10,18H,5,8H2,1-4H3,(H,17,19). The zero-order valence-electron chi connectivity index (χ0n) is 12.5. The first-order chi connectivity index (χ1) is 9.50. The van der Waals surface area contributed by atoms with Gasteiger partial charge in [-0.3, -0.25) is 4.79 Å². The van der Waals surface area contributed by atoms with Crippen molar-refractivity contribution in [2.24, 2.45) is 0 Å². The molecule has 0 saturated carbocycles. The molecule has 4 nitrogen and oxygen atoms in total. The zero-order chi connectivity index (χ0) is 14.8. The van der Waals surface area contributed by atoms with E-state index in [4.69, 9.17) is 4.74 Å². The highest BCUT2D eigenvalue weighted by Gasteiger charge is 2.31. The summed E-state index contributed by atoms with van der Waals surface area (Å²) >= 11 is 0. The fourth-order valence-electron chi connectivity index (χ4n) is 2.33. The summed E-state index contributed by atoms with van der Waals surface area (Å²) in [5.74, 6) is 0.839. The summed E-state index contributed by atoms with van der Waals surface area (Å²) in [6.07, 6.45) is 2.85. The number of ether oxygens (including phenoxy) is 1. The van der Waals surface area contributed by atoms with Crippen molar-refractivity contribution in [1.82, 2.24) is 10.3 Å². The van der Waals surface area contributed by atoms with E-state index in [9.17, 15) is 4.79 Å². The number of hydrogen-bond donors (Lipinski definition) is 2. The predicted molar refractivity (Wildman–Crippen MR) is 81.2 cm³/mol. The van der Waals surface area contributed by atoms with E-state index in [1.165, 1.54) is 0 Å². The maximum absolute atomic E-state index is 12.4. The summed E-state index contributed by atoms with van der Waals surface area (Å²) in [7, 11) is 1.65. The Balaban J connectivity index is 2.42. The van der Waals surface area contributed by atoms with Crippen molar-refractivity contribution in [3.05, 3.63) is 30.0 Å². The van der Waals surface area contributed by atoms with Gasteiger partial charge in [0.1, 0.15) is 5.75 Å². The SMILES string of the molecule is CCCNC(=O)C(C)(C)c1c[nH]c2ccc(OC)cc12. The molecule has 0 aliphatic heterocycles. The van der Waals surface area contributed by atoms with Crippen molar-refractivity contribution in [2.75, 3.05) is 13.7 Å². The first kappa shape index (κ1) is 14.4. The van der Waals surface area contributed by atoms with E-state index in [2.05, 4.69) is 10.3 Å². The first-order valence-corrected chi connectivity index (χ1v) is 6.94. The normalized spacial score (nSPS) is 11.6. The Labute approximate surface area is 119 Å². The van der Waals surface area contributed by atoms with Crippen LogP contribution in [0.5, 0.6) is 5.75 Å². The van der Waals surface area contributed by atoms with Crippen LogP contribution in [0.4, 0.5) is 0 Å². The molecule has 0 bridgehead atoms. The van der Waals surface area contributed by atoms with Gasteiger partial charge in [-0.25, -0.2) is 0 Å². The highest BCUT2D eigenvalue weighted by molar-refractivity contribution is 5.95. The molecule has 20 heavy (non-hydrogen) atoms. The van der Waals surface area contributed by atoms with E-state index in [1.807, 2.05) is 45.2 Å². The van der Waals surface area contributed by atoms with E-state index >= 15 is 0 Å². The summed E-state index contributed by atoms with van der Waals surface area (Å²) in [5.41, 5.74) is 1.41. The number of methoxy groups -OCH3 is 1. The van der Waals surface area contributed by atoms with Crippen LogP contribution < -0.4 is 10.1 Å². The molecule has 0 fully saturated rings. The Morgan fingerprint density at radius 1 is 1.40 bits per heavy atom. The monoisotopic (exact) mass is 274 g/mol. The fourth-order valence-corrected chi connectivity index (χ4v) is 2.33. The maximum Gasteiger partial charge on any atom is 0.230 e. The van der Waals surface area contributed by atoms with Gasteiger partial charge in [-0.1, -0.05) is 6.92 Å². The van der Waals surface area contributed by atoms with Gasteiger partial charge in [0.2, 0.25) is 5.91 Å². The van der Waals surface area contributed by atoms with Crippen LogP contribution in [-0.2, 0) is 10.2 Å². The van der Waals surface area contributed by atoms with Crippen molar-refractivity contribution in [3.8, 4) is 5.75 Å². The minimum absolute atomic E-state index is 0.0445. The van der Waals surface area contributed by atoms with Crippen LogP contribution in [-0.4, -0.2) is 24.5 Å². The highest BCUT2D eigenvalue weighted by atomic mass is 16.5. The molecule has 1 aromatic carbocycles. The molecule has 0 atom stereocenters. The Bertz CT molecular complexity index is 614. The van der Waals surface area contributed by atoms with E-state index in [0.29, 0.717) is 6.54 Å². The summed E-state index contributed by atoms with van der Waals surface area (Å²) in [6, 6.07) is 5.85. The predicted octanol–water partition coefficient (Wildman–Crippen LogP) is 2.98. The van der Waals surface area contributed by atoms with E-state index in [1.54, 1.807) is 7.11 Å². The fraction of sp³-hybridized carbons (Fsp3) is 0.438. The Morgan fingerprint density at radius 3 is 2.80 bits per heavy atom. The Morgan fingerprint density at radius 2 is 2.15 bits per heavy atom. The summed E-state index contributed by atoms with van der Waals surface area (Å²) < 4.78 is 5.27. The minimum Gasteiger partial charge on any atom is -0.497 e. The lowest BCUT2D eigenvalue weighted by molar-refractivity contribution is -0.125. The molecule has 2 rings (SSSR count).